The van der Waals surface area contributed by atoms with Gasteiger partial charge in [-0.3, -0.25) is 19.3 Å². The number of rotatable bonds is 7. The van der Waals surface area contributed by atoms with Crippen molar-refractivity contribution in [2.75, 3.05) is 19.7 Å². The van der Waals surface area contributed by atoms with Crippen LogP contribution >= 0.6 is 11.8 Å². The number of halogens is 1. The van der Waals surface area contributed by atoms with E-state index in [-0.39, 0.29) is 30.7 Å². The number of hydrogen-bond donors (Lipinski definition) is 1. The number of hydrogen-bond acceptors (Lipinski definition) is 5. The van der Waals surface area contributed by atoms with E-state index in [1.807, 2.05) is 31.2 Å². The maximum absolute atomic E-state index is 13.4. The van der Waals surface area contributed by atoms with E-state index in [0.29, 0.717) is 4.91 Å². The van der Waals surface area contributed by atoms with Gasteiger partial charge in [-0.1, -0.05) is 42.0 Å². The first-order valence-corrected chi connectivity index (χ1v) is 9.72. The molecular formula is C21H19FN2O4S. The lowest BCUT2D eigenvalue weighted by Gasteiger charge is -2.13. The van der Waals surface area contributed by atoms with Crippen LogP contribution in [0.25, 0.3) is 6.08 Å². The number of thioether (sulfide) groups is 1. The van der Waals surface area contributed by atoms with E-state index in [9.17, 15) is 18.8 Å². The molecule has 3 amide bonds. The number of carbonyl (C=O) groups excluding carboxylic acids is 3. The van der Waals surface area contributed by atoms with Crippen molar-refractivity contribution in [1.29, 1.82) is 0 Å². The van der Waals surface area contributed by atoms with Crippen molar-refractivity contribution < 1.29 is 23.5 Å². The van der Waals surface area contributed by atoms with Gasteiger partial charge >= 0.3 is 0 Å². The Bertz CT molecular complexity index is 959. The molecule has 1 N–H and O–H groups in total. The van der Waals surface area contributed by atoms with Gasteiger partial charge in [-0.05, 0) is 42.5 Å². The number of amides is 3. The van der Waals surface area contributed by atoms with Crippen LogP contribution in [0.3, 0.4) is 0 Å². The largest absolute Gasteiger partial charge is 0.481 e. The van der Waals surface area contributed by atoms with Crippen LogP contribution in [0, 0.1) is 12.7 Å². The van der Waals surface area contributed by atoms with Crippen molar-refractivity contribution in [3.8, 4) is 5.75 Å². The van der Waals surface area contributed by atoms with Gasteiger partial charge in [0.2, 0.25) is 0 Å². The minimum absolute atomic E-state index is 0.0187. The molecule has 0 aromatic heterocycles. The summed E-state index contributed by atoms with van der Waals surface area (Å²) in [6, 6.07) is 13.4. The molecule has 2 aromatic carbocycles. The highest BCUT2D eigenvalue weighted by Crippen LogP contribution is 2.31. The van der Waals surface area contributed by atoms with Crippen molar-refractivity contribution in [3.63, 3.8) is 0 Å². The molecule has 0 spiro atoms. The van der Waals surface area contributed by atoms with E-state index in [2.05, 4.69) is 5.32 Å². The fourth-order valence-corrected chi connectivity index (χ4v) is 3.44. The molecule has 2 aromatic rings. The van der Waals surface area contributed by atoms with Crippen molar-refractivity contribution >= 4 is 34.9 Å². The standard InChI is InChI=1S/C21H19FN2O4S/c1-14-6-8-15(9-7-14)12-18-20(26)24(21(27)29-18)11-10-23-19(25)13-28-17-5-3-2-4-16(17)22/h2-9,12H,10-11,13H2,1H3,(H,23,25)/b18-12-. The molecule has 6 nitrogen and oxygen atoms in total. The molecule has 0 aliphatic carbocycles. The molecule has 0 unspecified atom stereocenters. The number of nitrogens with one attached hydrogen (secondary N) is 1. The summed E-state index contributed by atoms with van der Waals surface area (Å²) in [4.78, 5) is 37.8. The zero-order chi connectivity index (χ0) is 20.8. The van der Waals surface area contributed by atoms with E-state index in [1.54, 1.807) is 12.1 Å². The molecule has 1 saturated heterocycles. The number of nitrogens with zero attached hydrogens (tertiary/aromatic N) is 1. The maximum atomic E-state index is 13.4. The fraction of sp³-hybridized carbons (Fsp3) is 0.190. The first kappa shape index (κ1) is 20.6. The van der Waals surface area contributed by atoms with Gasteiger partial charge in [-0.25, -0.2) is 4.39 Å². The van der Waals surface area contributed by atoms with E-state index in [0.717, 1.165) is 27.8 Å². The van der Waals surface area contributed by atoms with Gasteiger partial charge in [0, 0.05) is 13.1 Å². The van der Waals surface area contributed by atoms with E-state index < -0.39 is 17.6 Å². The van der Waals surface area contributed by atoms with Gasteiger partial charge in [-0.2, -0.15) is 0 Å². The Labute approximate surface area is 171 Å². The lowest BCUT2D eigenvalue weighted by Crippen LogP contribution is -2.38. The van der Waals surface area contributed by atoms with E-state index in [4.69, 9.17) is 4.74 Å². The summed E-state index contributed by atoms with van der Waals surface area (Å²) < 4.78 is 18.6. The molecule has 3 rings (SSSR count). The van der Waals surface area contributed by atoms with Crippen molar-refractivity contribution in [2.24, 2.45) is 0 Å². The van der Waals surface area contributed by atoms with Gasteiger partial charge in [0.25, 0.3) is 17.1 Å². The normalized spacial score (nSPS) is 15.1. The second kappa shape index (κ2) is 9.38. The van der Waals surface area contributed by atoms with Gasteiger partial charge < -0.3 is 10.1 Å². The minimum Gasteiger partial charge on any atom is -0.481 e. The number of imide groups is 1. The molecule has 150 valence electrons. The molecule has 0 atom stereocenters. The minimum atomic E-state index is -0.557. The average Bonchev–Trinajstić information content (AvgIpc) is 2.96. The molecule has 29 heavy (non-hydrogen) atoms. The lowest BCUT2D eigenvalue weighted by atomic mass is 10.1. The molecule has 1 aliphatic rings. The molecule has 1 aliphatic heterocycles. The number of benzene rings is 2. The maximum Gasteiger partial charge on any atom is 0.293 e. The third kappa shape index (κ3) is 5.45. The SMILES string of the molecule is Cc1ccc(/C=C2\SC(=O)N(CCNC(=O)COc3ccccc3F)C2=O)cc1. The summed E-state index contributed by atoms with van der Waals surface area (Å²) in [7, 11) is 0. The molecule has 1 fully saturated rings. The molecule has 8 heteroatoms. The Hall–Kier alpha value is -3.13. The highest BCUT2D eigenvalue weighted by Gasteiger charge is 2.34. The molecule has 0 radical (unpaired) electrons. The topological polar surface area (TPSA) is 75.7 Å². The van der Waals surface area contributed by atoms with Crippen LogP contribution in [0.2, 0.25) is 0 Å². The Morgan fingerprint density at radius 1 is 1.17 bits per heavy atom. The van der Waals surface area contributed by atoms with Crippen LogP contribution in [0.4, 0.5) is 9.18 Å². The summed E-state index contributed by atoms with van der Waals surface area (Å²) >= 11 is 0.868. The second-order valence-electron chi connectivity index (χ2n) is 6.31. The van der Waals surface area contributed by atoms with Crippen molar-refractivity contribution in [2.45, 2.75) is 6.92 Å². The predicted molar refractivity (Wildman–Crippen MR) is 109 cm³/mol. The Morgan fingerprint density at radius 3 is 2.62 bits per heavy atom. The first-order valence-electron chi connectivity index (χ1n) is 8.90. The van der Waals surface area contributed by atoms with Gasteiger partial charge in [0.15, 0.2) is 18.2 Å². The molecule has 1 heterocycles. The zero-order valence-electron chi connectivity index (χ0n) is 15.7. The third-order valence-corrected chi connectivity index (χ3v) is 5.01. The van der Waals surface area contributed by atoms with Crippen molar-refractivity contribution in [3.05, 3.63) is 70.4 Å². The third-order valence-electron chi connectivity index (χ3n) is 4.10. The van der Waals surface area contributed by atoms with Gasteiger partial charge in [0.05, 0.1) is 4.91 Å². The highest BCUT2D eigenvalue weighted by molar-refractivity contribution is 8.18. The van der Waals surface area contributed by atoms with Crippen LogP contribution in [0.15, 0.2) is 53.4 Å². The van der Waals surface area contributed by atoms with Gasteiger partial charge in [-0.15, -0.1) is 0 Å². The quantitative estimate of drug-likeness (QED) is 0.703. The van der Waals surface area contributed by atoms with E-state index in [1.165, 1.54) is 18.2 Å². The summed E-state index contributed by atoms with van der Waals surface area (Å²) in [5, 5.41) is 2.17. The Kier molecular flexibility index (Phi) is 6.66. The summed E-state index contributed by atoms with van der Waals surface area (Å²) in [6.07, 6.45) is 1.67. The van der Waals surface area contributed by atoms with E-state index >= 15 is 0 Å². The summed E-state index contributed by atoms with van der Waals surface area (Å²) in [5.41, 5.74) is 1.93. The summed E-state index contributed by atoms with van der Waals surface area (Å²) in [5.74, 6) is -1.44. The van der Waals surface area contributed by atoms with Crippen LogP contribution in [-0.4, -0.2) is 41.6 Å². The number of aryl methyl sites for hydroxylation is 1. The van der Waals surface area contributed by atoms with Crippen LogP contribution in [0.5, 0.6) is 5.75 Å². The van der Waals surface area contributed by atoms with Gasteiger partial charge in [0.1, 0.15) is 0 Å². The molecular weight excluding hydrogens is 395 g/mol. The Morgan fingerprint density at radius 2 is 1.90 bits per heavy atom. The van der Waals surface area contributed by atoms with Crippen molar-refractivity contribution in [1.82, 2.24) is 10.2 Å². The second-order valence-corrected chi connectivity index (χ2v) is 7.31. The van der Waals surface area contributed by atoms with Crippen LogP contribution in [0.1, 0.15) is 11.1 Å². The predicted octanol–water partition coefficient (Wildman–Crippen LogP) is 3.37. The first-order chi connectivity index (χ1) is 13.9. The number of ether oxygens (including phenoxy) is 1. The number of para-hydroxylation sites is 1. The Balaban J connectivity index is 1.48. The van der Waals surface area contributed by atoms with Crippen LogP contribution in [-0.2, 0) is 9.59 Å². The average molecular weight is 414 g/mol. The summed E-state index contributed by atoms with van der Waals surface area (Å²) in [6.45, 7) is 1.72. The number of carbonyl (C=O) groups is 3. The zero-order valence-corrected chi connectivity index (χ0v) is 16.5. The molecule has 0 bridgehead atoms. The highest BCUT2D eigenvalue weighted by atomic mass is 32.2. The monoisotopic (exact) mass is 414 g/mol. The lowest BCUT2D eigenvalue weighted by molar-refractivity contribution is -0.125. The fourth-order valence-electron chi connectivity index (χ4n) is 2.57. The van der Waals surface area contributed by atoms with Crippen LogP contribution < -0.4 is 10.1 Å². The molecule has 0 saturated carbocycles. The smallest absolute Gasteiger partial charge is 0.293 e.